The second-order valence-electron chi connectivity index (χ2n) is 5.59. The molecule has 9 heteroatoms. The van der Waals surface area contributed by atoms with Crippen LogP contribution in [0, 0.1) is 0 Å². The van der Waals surface area contributed by atoms with E-state index in [0.29, 0.717) is 25.1 Å². The van der Waals surface area contributed by atoms with Crippen molar-refractivity contribution in [2.24, 2.45) is 0 Å². The number of hydrogen-bond acceptors (Lipinski definition) is 3. The predicted octanol–water partition coefficient (Wildman–Crippen LogP) is 4.47. The molecular weight excluding hydrogens is 362 g/mol. The Morgan fingerprint density at radius 2 is 1.85 bits per heavy atom. The van der Waals surface area contributed by atoms with Crippen molar-refractivity contribution in [3.05, 3.63) is 53.7 Å². The molecule has 0 spiro atoms. The van der Waals surface area contributed by atoms with Crippen LogP contribution in [0.4, 0.5) is 26.3 Å². The zero-order valence-electron chi connectivity index (χ0n) is 13.5. The third kappa shape index (κ3) is 4.53. The lowest BCUT2D eigenvalue weighted by molar-refractivity contribution is -0.142. The van der Waals surface area contributed by atoms with Crippen LogP contribution in [0.1, 0.15) is 29.3 Å². The Hall–Kier alpha value is -2.13. The highest BCUT2D eigenvalue weighted by atomic mass is 19.4. The van der Waals surface area contributed by atoms with Gasteiger partial charge in [0.25, 0.3) is 0 Å². The molecule has 0 bridgehead atoms. The molecule has 1 atom stereocenters. The van der Waals surface area contributed by atoms with Crippen molar-refractivity contribution in [1.29, 1.82) is 0 Å². The summed E-state index contributed by atoms with van der Waals surface area (Å²) in [7, 11) is 0. The first kappa shape index (κ1) is 20.2. The number of pyridine rings is 1. The molecule has 26 heavy (non-hydrogen) atoms. The van der Waals surface area contributed by atoms with E-state index >= 15 is 0 Å². The summed E-state index contributed by atoms with van der Waals surface area (Å²) in [6, 6.07) is 3.53. The van der Waals surface area contributed by atoms with Crippen molar-refractivity contribution in [2.45, 2.75) is 24.9 Å². The molecule has 0 amide bonds. The number of benzene rings is 1. The summed E-state index contributed by atoms with van der Waals surface area (Å²) in [6.45, 7) is 3.80. The summed E-state index contributed by atoms with van der Waals surface area (Å²) >= 11 is 0. The maximum absolute atomic E-state index is 13.2. The highest BCUT2D eigenvalue weighted by Crippen LogP contribution is 2.38. The first-order chi connectivity index (χ1) is 12.1. The summed E-state index contributed by atoms with van der Waals surface area (Å²) < 4.78 is 78.7. The zero-order chi connectivity index (χ0) is 19.5. The SMILES string of the molecule is C=CCCNCC(O)c1cc(C(F)(F)F)nc2c(C(F)(F)F)cccc12. The van der Waals surface area contributed by atoms with Crippen molar-refractivity contribution >= 4 is 10.9 Å². The topological polar surface area (TPSA) is 45.1 Å². The molecular formula is C17H16F6N2O. The van der Waals surface area contributed by atoms with Crippen LogP contribution in [-0.2, 0) is 12.4 Å². The van der Waals surface area contributed by atoms with Crippen molar-refractivity contribution in [3.8, 4) is 0 Å². The number of para-hydroxylation sites is 1. The summed E-state index contributed by atoms with van der Waals surface area (Å²) in [4.78, 5) is 3.18. The lowest BCUT2D eigenvalue weighted by atomic mass is 9.99. The fourth-order valence-electron chi connectivity index (χ4n) is 2.48. The molecule has 1 aromatic heterocycles. The molecule has 1 aromatic carbocycles. The number of aliphatic hydroxyl groups excluding tert-OH is 1. The third-order valence-corrected chi connectivity index (χ3v) is 3.69. The van der Waals surface area contributed by atoms with Crippen LogP contribution >= 0.6 is 0 Å². The second kappa shape index (κ2) is 7.63. The molecule has 1 unspecified atom stereocenters. The molecule has 0 aliphatic heterocycles. The Balaban J connectivity index is 2.59. The van der Waals surface area contributed by atoms with Gasteiger partial charge >= 0.3 is 12.4 Å². The maximum Gasteiger partial charge on any atom is 0.433 e. The van der Waals surface area contributed by atoms with Crippen molar-refractivity contribution in [3.63, 3.8) is 0 Å². The fraction of sp³-hybridized carbons (Fsp3) is 0.353. The number of alkyl halides is 6. The van der Waals surface area contributed by atoms with E-state index in [2.05, 4.69) is 16.9 Å². The Bertz CT molecular complexity index is 785. The van der Waals surface area contributed by atoms with Gasteiger partial charge in [-0.1, -0.05) is 18.2 Å². The maximum atomic E-state index is 13.2. The van der Waals surface area contributed by atoms with Gasteiger partial charge in [0.05, 0.1) is 17.2 Å². The van der Waals surface area contributed by atoms with E-state index in [1.165, 1.54) is 6.07 Å². The minimum Gasteiger partial charge on any atom is -0.387 e. The number of aliphatic hydroxyl groups is 1. The first-order valence-corrected chi connectivity index (χ1v) is 7.63. The summed E-state index contributed by atoms with van der Waals surface area (Å²) in [5, 5.41) is 12.9. The number of hydrogen-bond donors (Lipinski definition) is 2. The monoisotopic (exact) mass is 378 g/mol. The summed E-state index contributed by atoms with van der Waals surface area (Å²) in [5.41, 5.74) is -3.87. The third-order valence-electron chi connectivity index (χ3n) is 3.69. The van der Waals surface area contributed by atoms with E-state index in [4.69, 9.17) is 0 Å². The highest BCUT2D eigenvalue weighted by Gasteiger charge is 2.37. The summed E-state index contributed by atoms with van der Waals surface area (Å²) in [6.07, 6.45) is -9.08. The number of fused-ring (bicyclic) bond motifs is 1. The van der Waals surface area contributed by atoms with Crippen molar-refractivity contribution < 1.29 is 31.4 Å². The van der Waals surface area contributed by atoms with Crippen molar-refractivity contribution in [1.82, 2.24) is 10.3 Å². The van der Waals surface area contributed by atoms with Crippen LogP contribution in [0.25, 0.3) is 10.9 Å². The lowest BCUT2D eigenvalue weighted by Gasteiger charge is -2.19. The van der Waals surface area contributed by atoms with E-state index in [-0.39, 0.29) is 17.5 Å². The van der Waals surface area contributed by atoms with Gasteiger partial charge in [0.15, 0.2) is 0 Å². The van der Waals surface area contributed by atoms with Gasteiger partial charge in [-0.05, 0) is 30.7 Å². The Morgan fingerprint density at radius 3 is 2.42 bits per heavy atom. The Kier molecular flexibility index (Phi) is 5.92. The fourth-order valence-corrected chi connectivity index (χ4v) is 2.48. The smallest absolute Gasteiger partial charge is 0.387 e. The number of nitrogens with one attached hydrogen (secondary N) is 1. The lowest BCUT2D eigenvalue weighted by Crippen LogP contribution is -2.23. The van der Waals surface area contributed by atoms with E-state index in [0.717, 1.165) is 6.07 Å². The molecule has 0 aliphatic rings. The van der Waals surface area contributed by atoms with Crippen LogP contribution in [0.5, 0.6) is 0 Å². The average Bonchev–Trinajstić information content (AvgIpc) is 2.55. The average molecular weight is 378 g/mol. The van der Waals surface area contributed by atoms with Gasteiger partial charge in [-0.2, -0.15) is 26.3 Å². The van der Waals surface area contributed by atoms with E-state index < -0.39 is 35.2 Å². The minimum absolute atomic E-state index is 0.125. The molecule has 0 saturated carbocycles. The number of rotatable bonds is 6. The molecule has 2 rings (SSSR count). The van der Waals surface area contributed by atoms with Crippen LogP contribution in [0.3, 0.4) is 0 Å². The van der Waals surface area contributed by atoms with Crippen molar-refractivity contribution in [2.75, 3.05) is 13.1 Å². The van der Waals surface area contributed by atoms with Gasteiger partial charge in [-0.3, -0.25) is 0 Å². The van der Waals surface area contributed by atoms with Gasteiger partial charge in [0.1, 0.15) is 5.69 Å². The molecule has 142 valence electrons. The molecule has 0 fully saturated rings. The quantitative estimate of drug-likeness (QED) is 0.443. The van der Waals surface area contributed by atoms with Gasteiger partial charge in [-0.15, -0.1) is 6.58 Å². The number of aromatic nitrogens is 1. The molecule has 0 radical (unpaired) electrons. The van der Waals surface area contributed by atoms with E-state index in [9.17, 15) is 31.4 Å². The number of halogens is 6. The van der Waals surface area contributed by atoms with E-state index in [1.54, 1.807) is 6.08 Å². The zero-order valence-corrected chi connectivity index (χ0v) is 13.5. The van der Waals surface area contributed by atoms with Gasteiger partial charge in [0, 0.05) is 11.9 Å². The largest absolute Gasteiger partial charge is 0.433 e. The van der Waals surface area contributed by atoms with Crippen LogP contribution < -0.4 is 5.32 Å². The molecule has 0 aliphatic carbocycles. The molecule has 3 nitrogen and oxygen atoms in total. The van der Waals surface area contributed by atoms with Crippen LogP contribution in [0.15, 0.2) is 36.9 Å². The second-order valence-corrected chi connectivity index (χ2v) is 5.59. The van der Waals surface area contributed by atoms with Gasteiger partial charge in [0.2, 0.25) is 0 Å². The molecule has 1 heterocycles. The Morgan fingerprint density at radius 1 is 1.15 bits per heavy atom. The normalized spacial score (nSPS) is 13.8. The Labute approximate surface area is 145 Å². The molecule has 2 aromatic rings. The molecule has 2 N–H and O–H groups in total. The molecule has 0 saturated heterocycles. The van der Waals surface area contributed by atoms with Gasteiger partial charge < -0.3 is 10.4 Å². The predicted molar refractivity (Wildman–Crippen MR) is 84.4 cm³/mol. The highest BCUT2D eigenvalue weighted by molar-refractivity contribution is 5.86. The minimum atomic E-state index is -4.95. The number of nitrogens with zero attached hydrogens (tertiary/aromatic N) is 1. The van der Waals surface area contributed by atoms with Crippen LogP contribution in [-0.4, -0.2) is 23.2 Å². The van der Waals surface area contributed by atoms with Crippen LogP contribution in [0.2, 0.25) is 0 Å². The summed E-state index contributed by atoms with van der Waals surface area (Å²) in [5.74, 6) is 0. The first-order valence-electron chi connectivity index (χ1n) is 7.63. The van der Waals surface area contributed by atoms with E-state index in [1.807, 2.05) is 0 Å². The standard InChI is InChI=1S/C17H16F6N2O/c1-2-3-7-24-9-13(26)11-8-14(17(21,22)23)25-15-10(11)5-4-6-12(15)16(18,19)20/h2,4-6,8,13,24,26H,1,3,7,9H2. The van der Waals surface area contributed by atoms with Gasteiger partial charge in [-0.25, -0.2) is 4.98 Å².